The zero-order chi connectivity index (χ0) is 54.8. The summed E-state index contributed by atoms with van der Waals surface area (Å²) in [5.74, 6) is -0.577. The molecule has 5 nitrogen and oxygen atoms in total. The molecule has 0 aromatic carbocycles. The summed E-state index contributed by atoms with van der Waals surface area (Å²) in [4.78, 5) is 24.6. The molecule has 0 rings (SSSR count). The monoisotopic (exact) mass is 1060 g/mol. The van der Waals surface area contributed by atoms with Crippen molar-refractivity contribution in [2.75, 3.05) is 13.2 Å². The van der Waals surface area contributed by atoms with Crippen molar-refractivity contribution in [3.8, 4) is 0 Å². The lowest BCUT2D eigenvalue weighted by Gasteiger charge is -2.15. The van der Waals surface area contributed by atoms with Gasteiger partial charge in [-0.25, -0.2) is 0 Å². The van der Waals surface area contributed by atoms with Gasteiger partial charge in [0, 0.05) is 12.8 Å². The minimum Gasteiger partial charge on any atom is -0.462 e. The van der Waals surface area contributed by atoms with E-state index in [1.807, 2.05) is 0 Å². The number of ether oxygens (including phenoxy) is 2. The molecule has 0 aromatic rings. The smallest absolute Gasteiger partial charge is 0.306 e. The van der Waals surface area contributed by atoms with E-state index in [1.165, 1.54) is 250 Å². The van der Waals surface area contributed by atoms with E-state index in [2.05, 4.69) is 86.8 Å². The topological polar surface area (TPSA) is 72.8 Å². The maximum Gasteiger partial charge on any atom is 0.306 e. The van der Waals surface area contributed by atoms with Crippen LogP contribution in [-0.2, 0) is 19.1 Å². The molecule has 0 amide bonds. The molecule has 0 spiro atoms. The number of rotatable bonds is 62. The number of carbonyl (C=O) groups excluding carboxylic acids is 2. The number of esters is 2. The molecule has 0 bridgehead atoms. The van der Waals surface area contributed by atoms with Crippen LogP contribution in [0.15, 0.2) is 72.9 Å². The van der Waals surface area contributed by atoms with Crippen LogP contribution in [0, 0.1) is 0 Å². The molecule has 5 heteroatoms. The van der Waals surface area contributed by atoms with Crippen LogP contribution in [0.2, 0.25) is 0 Å². The number of hydrogen-bond donors (Lipinski definition) is 1. The van der Waals surface area contributed by atoms with Gasteiger partial charge >= 0.3 is 11.9 Å². The van der Waals surface area contributed by atoms with E-state index in [9.17, 15) is 14.7 Å². The van der Waals surface area contributed by atoms with Crippen molar-refractivity contribution < 1.29 is 24.2 Å². The first-order chi connectivity index (χ1) is 37.6. The Morgan fingerprint density at radius 3 is 0.868 bits per heavy atom. The molecule has 0 saturated heterocycles. The number of hydrogen-bond acceptors (Lipinski definition) is 5. The second-order valence-corrected chi connectivity index (χ2v) is 22.5. The summed E-state index contributed by atoms with van der Waals surface area (Å²) in [5, 5.41) is 9.69. The van der Waals surface area contributed by atoms with Gasteiger partial charge in [0.1, 0.15) is 6.61 Å². The summed E-state index contributed by atoms with van der Waals surface area (Å²) >= 11 is 0. The van der Waals surface area contributed by atoms with Crippen molar-refractivity contribution in [1.29, 1.82) is 0 Å². The van der Waals surface area contributed by atoms with Crippen LogP contribution < -0.4 is 0 Å². The standard InChI is InChI=1S/C71H128O5/c1-3-5-7-9-11-13-15-17-19-21-23-25-27-29-31-33-34-35-36-38-39-41-43-45-47-49-51-53-55-57-59-61-63-65-70(73)75-68-69(67-72)76-71(74)66-64-62-60-58-56-54-52-50-48-46-44-42-40-37-32-30-28-26-24-22-20-18-16-14-12-10-8-6-4-2/h6,8,12,14,18,20-21,23-24,26,30,32,69,72H,3-5,7,9-11,13,15-17,19,22,25,27-29,31,33-68H2,1-2H3/b8-6-,14-12-,20-18-,23-21-,26-24-,32-30-. The Bertz CT molecular complexity index is 1340. The molecule has 442 valence electrons. The van der Waals surface area contributed by atoms with E-state index in [4.69, 9.17) is 9.47 Å². The summed E-state index contributed by atoms with van der Waals surface area (Å²) in [5.41, 5.74) is 0. The van der Waals surface area contributed by atoms with Gasteiger partial charge in [0.15, 0.2) is 6.10 Å². The van der Waals surface area contributed by atoms with E-state index in [0.29, 0.717) is 12.8 Å². The first kappa shape index (κ1) is 73.3. The van der Waals surface area contributed by atoms with Gasteiger partial charge in [0.2, 0.25) is 0 Å². The number of unbranched alkanes of at least 4 members (excludes halogenated alkanes) is 42. The van der Waals surface area contributed by atoms with Gasteiger partial charge in [-0.15, -0.1) is 0 Å². The zero-order valence-corrected chi connectivity index (χ0v) is 50.8. The van der Waals surface area contributed by atoms with Gasteiger partial charge in [-0.1, -0.05) is 324 Å². The predicted molar refractivity (Wildman–Crippen MR) is 334 cm³/mol. The highest BCUT2D eigenvalue weighted by Gasteiger charge is 2.16. The predicted octanol–water partition coefficient (Wildman–Crippen LogP) is 23.1. The minimum atomic E-state index is -0.775. The summed E-state index contributed by atoms with van der Waals surface area (Å²) in [6, 6.07) is 0. The zero-order valence-electron chi connectivity index (χ0n) is 50.8. The van der Waals surface area contributed by atoms with E-state index < -0.39 is 6.10 Å². The molecule has 0 radical (unpaired) electrons. The first-order valence-corrected chi connectivity index (χ1v) is 33.5. The molecule has 0 heterocycles. The summed E-state index contributed by atoms with van der Waals surface area (Å²) in [6.45, 7) is 4.07. The molecule has 76 heavy (non-hydrogen) atoms. The number of aliphatic hydroxyl groups is 1. The highest BCUT2D eigenvalue weighted by Crippen LogP contribution is 2.18. The van der Waals surface area contributed by atoms with Crippen LogP contribution >= 0.6 is 0 Å². The van der Waals surface area contributed by atoms with E-state index in [1.54, 1.807) is 0 Å². The third-order valence-electron chi connectivity index (χ3n) is 15.0. The van der Waals surface area contributed by atoms with Gasteiger partial charge in [-0.2, -0.15) is 0 Å². The Morgan fingerprint density at radius 2 is 0.566 bits per heavy atom. The van der Waals surface area contributed by atoms with Crippen LogP contribution in [0.3, 0.4) is 0 Å². The molecule has 1 atom stereocenters. The average Bonchev–Trinajstić information content (AvgIpc) is 3.42. The van der Waals surface area contributed by atoms with Crippen LogP contribution in [-0.4, -0.2) is 36.4 Å². The van der Waals surface area contributed by atoms with Crippen LogP contribution in [0.5, 0.6) is 0 Å². The van der Waals surface area contributed by atoms with Crippen molar-refractivity contribution in [3.63, 3.8) is 0 Å². The SMILES string of the molecule is CC/C=C\C/C=C\C/C=C\C/C=C\C/C=C\CCCCCCCCCCCCCCCC(=O)OC(CO)COC(=O)CCCCCCCCCCCCCCCCCCCCCCC/C=C\CCCCCCCCCC. The molecule has 0 aliphatic heterocycles. The molecule has 0 saturated carbocycles. The summed E-state index contributed by atoms with van der Waals surface area (Å²) in [7, 11) is 0. The molecule has 0 aliphatic rings. The molecule has 1 N–H and O–H groups in total. The van der Waals surface area contributed by atoms with Crippen molar-refractivity contribution in [2.24, 2.45) is 0 Å². The molecular weight excluding hydrogens is 933 g/mol. The number of aliphatic hydroxyl groups excluding tert-OH is 1. The van der Waals surface area contributed by atoms with E-state index >= 15 is 0 Å². The molecule has 0 fully saturated rings. The normalized spacial score (nSPS) is 12.6. The lowest BCUT2D eigenvalue weighted by atomic mass is 10.0. The fraction of sp³-hybridized carbons (Fsp3) is 0.803. The molecule has 1 unspecified atom stereocenters. The van der Waals surface area contributed by atoms with Crippen molar-refractivity contribution in [2.45, 2.75) is 354 Å². The van der Waals surface area contributed by atoms with Crippen LogP contribution in [0.25, 0.3) is 0 Å². The van der Waals surface area contributed by atoms with Gasteiger partial charge in [-0.05, 0) is 83.5 Å². The average molecular weight is 1060 g/mol. The Balaban J connectivity index is 3.43. The minimum absolute atomic E-state index is 0.0643. The third-order valence-corrected chi connectivity index (χ3v) is 15.0. The van der Waals surface area contributed by atoms with Gasteiger partial charge in [0.05, 0.1) is 6.61 Å². The Morgan fingerprint density at radius 1 is 0.316 bits per heavy atom. The number of allylic oxidation sites excluding steroid dienone is 12. The van der Waals surface area contributed by atoms with Gasteiger partial charge in [0.25, 0.3) is 0 Å². The Kier molecular flexibility index (Phi) is 64.3. The fourth-order valence-electron chi connectivity index (χ4n) is 9.99. The first-order valence-electron chi connectivity index (χ1n) is 33.5. The lowest BCUT2D eigenvalue weighted by molar-refractivity contribution is -0.161. The van der Waals surface area contributed by atoms with E-state index in [0.717, 1.165) is 70.6 Å². The Hall–Kier alpha value is -2.66. The van der Waals surface area contributed by atoms with Crippen LogP contribution in [0.1, 0.15) is 348 Å². The number of carbonyl (C=O) groups is 2. The van der Waals surface area contributed by atoms with Crippen molar-refractivity contribution in [3.05, 3.63) is 72.9 Å². The molecule has 0 aliphatic carbocycles. The van der Waals surface area contributed by atoms with Gasteiger partial charge in [-0.3, -0.25) is 9.59 Å². The second-order valence-electron chi connectivity index (χ2n) is 22.5. The summed E-state index contributed by atoms with van der Waals surface area (Å²) < 4.78 is 10.8. The summed E-state index contributed by atoms with van der Waals surface area (Å²) in [6.07, 6.45) is 92.1. The van der Waals surface area contributed by atoms with Gasteiger partial charge < -0.3 is 14.6 Å². The third kappa shape index (κ3) is 63.9. The quantitative estimate of drug-likeness (QED) is 0.0373. The Labute approximate surface area is 473 Å². The highest BCUT2D eigenvalue weighted by atomic mass is 16.6. The lowest BCUT2D eigenvalue weighted by Crippen LogP contribution is -2.28. The molecule has 0 aromatic heterocycles. The maximum atomic E-state index is 12.4. The molecular formula is C71H128O5. The maximum absolute atomic E-state index is 12.4. The van der Waals surface area contributed by atoms with Crippen molar-refractivity contribution >= 4 is 11.9 Å². The fourth-order valence-corrected chi connectivity index (χ4v) is 9.99. The largest absolute Gasteiger partial charge is 0.462 e. The van der Waals surface area contributed by atoms with Crippen LogP contribution in [0.4, 0.5) is 0 Å². The second kappa shape index (κ2) is 66.6. The highest BCUT2D eigenvalue weighted by molar-refractivity contribution is 5.70. The van der Waals surface area contributed by atoms with Crippen molar-refractivity contribution in [1.82, 2.24) is 0 Å². The van der Waals surface area contributed by atoms with E-state index in [-0.39, 0.29) is 25.2 Å².